The number of hydrogen-bond donors (Lipinski definition) is 0. The van der Waals surface area contributed by atoms with E-state index in [4.69, 9.17) is 0 Å². The maximum atomic E-state index is 4.16. The summed E-state index contributed by atoms with van der Waals surface area (Å²) in [6.07, 6.45) is 5.63. The van der Waals surface area contributed by atoms with Gasteiger partial charge in [-0.15, -0.1) is 10.2 Å². The van der Waals surface area contributed by atoms with Gasteiger partial charge in [0.25, 0.3) is 0 Å². The fraction of sp³-hybridized carbons (Fsp3) is 0.778. The fourth-order valence-corrected chi connectivity index (χ4v) is 1.42. The summed E-state index contributed by atoms with van der Waals surface area (Å²) in [6.45, 7) is 4.40. The number of aromatic nitrogens is 3. The van der Waals surface area contributed by atoms with Crippen LogP contribution in [-0.4, -0.2) is 14.8 Å². The van der Waals surface area contributed by atoms with E-state index in [0.717, 1.165) is 6.42 Å². The van der Waals surface area contributed by atoms with Crippen LogP contribution in [0.1, 0.15) is 50.9 Å². The molecule has 66 valence electrons. The molecule has 0 saturated heterocycles. The van der Waals surface area contributed by atoms with Crippen LogP contribution in [-0.2, 0) is 0 Å². The van der Waals surface area contributed by atoms with Crippen LogP contribution < -0.4 is 0 Å². The molecule has 0 radical (unpaired) electrons. The maximum Gasteiger partial charge on any atom is 0.135 e. The Balaban J connectivity index is 2.23. The van der Waals surface area contributed by atoms with Crippen LogP contribution in [0.2, 0.25) is 0 Å². The highest BCUT2D eigenvalue weighted by Gasteiger charge is 2.27. The average Bonchev–Trinajstić information content (AvgIpc) is 2.83. The predicted octanol–water partition coefficient (Wildman–Crippen LogP) is 2.13. The van der Waals surface area contributed by atoms with Gasteiger partial charge in [0.2, 0.25) is 0 Å². The minimum atomic E-state index is 0.549. The molecular weight excluding hydrogens is 150 g/mol. The molecule has 1 aliphatic carbocycles. The largest absolute Gasteiger partial charge is 0.314 e. The molecule has 0 aliphatic heterocycles. The topological polar surface area (TPSA) is 30.7 Å². The number of nitrogens with zero attached hydrogens (tertiary/aromatic N) is 3. The van der Waals surface area contributed by atoms with Crippen LogP contribution in [0.4, 0.5) is 0 Å². The van der Waals surface area contributed by atoms with Crippen molar-refractivity contribution in [2.24, 2.45) is 0 Å². The van der Waals surface area contributed by atoms with Crippen LogP contribution in [0.5, 0.6) is 0 Å². The maximum absolute atomic E-state index is 4.16. The Hall–Kier alpha value is -0.860. The van der Waals surface area contributed by atoms with Crippen molar-refractivity contribution in [3.8, 4) is 0 Å². The second kappa shape index (κ2) is 2.88. The van der Waals surface area contributed by atoms with Crippen molar-refractivity contribution in [2.45, 2.75) is 45.1 Å². The van der Waals surface area contributed by atoms with E-state index in [-0.39, 0.29) is 0 Å². The molecule has 1 aromatic heterocycles. The zero-order valence-corrected chi connectivity index (χ0v) is 7.70. The molecule has 3 heteroatoms. The molecule has 1 heterocycles. The predicted molar refractivity (Wildman–Crippen MR) is 47.0 cm³/mol. The molecule has 2 rings (SSSR count). The van der Waals surface area contributed by atoms with Crippen molar-refractivity contribution in [2.75, 3.05) is 0 Å². The lowest BCUT2D eigenvalue weighted by molar-refractivity contribution is 0.599. The molecule has 1 fully saturated rings. The van der Waals surface area contributed by atoms with Gasteiger partial charge in [-0.25, -0.2) is 0 Å². The van der Waals surface area contributed by atoms with Crippen LogP contribution in [0, 0.1) is 0 Å². The summed E-state index contributed by atoms with van der Waals surface area (Å²) < 4.78 is 2.24. The highest BCUT2D eigenvalue weighted by Crippen LogP contribution is 2.36. The van der Waals surface area contributed by atoms with Gasteiger partial charge in [-0.3, -0.25) is 0 Å². The Morgan fingerprint density at radius 1 is 1.67 bits per heavy atom. The van der Waals surface area contributed by atoms with E-state index in [1.165, 1.54) is 18.7 Å². The zero-order chi connectivity index (χ0) is 8.55. The van der Waals surface area contributed by atoms with E-state index in [9.17, 15) is 0 Å². The fourth-order valence-electron chi connectivity index (χ4n) is 1.42. The van der Waals surface area contributed by atoms with Gasteiger partial charge in [0.15, 0.2) is 0 Å². The van der Waals surface area contributed by atoms with Gasteiger partial charge in [0.1, 0.15) is 12.2 Å². The molecule has 1 unspecified atom stereocenters. The Kier molecular flexibility index (Phi) is 1.87. The Morgan fingerprint density at radius 3 is 3.00 bits per heavy atom. The zero-order valence-electron chi connectivity index (χ0n) is 7.70. The normalized spacial score (nSPS) is 19.5. The third kappa shape index (κ3) is 1.24. The lowest BCUT2D eigenvalue weighted by Gasteiger charge is -2.09. The summed E-state index contributed by atoms with van der Waals surface area (Å²) in [6, 6.07) is 0.712. The second-order valence-corrected chi connectivity index (χ2v) is 3.64. The van der Waals surface area contributed by atoms with Gasteiger partial charge in [0.05, 0.1) is 0 Å². The molecule has 12 heavy (non-hydrogen) atoms. The first-order valence-electron chi connectivity index (χ1n) is 4.72. The lowest BCUT2D eigenvalue weighted by atomic mass is 10.1. The Bertz CT molecular complexity index is 262. The quantitative estimate of drug-likeness (QED) is 0.687. The highest BCUT2D eigenvalue weighted by molar-refractivity contribution is 4.99. The van der Waals surface area contributed by atoms with Crippen LogP contribution in [0.15, 0.2) is 6.33 Å². The van der Waals surface area contributed by atoms with Gasteiger partial charge in [-0.05, 0) is 19.3 Å². The van der Waals surface area contributed by atoms with Crippen molar-refractivity contribution >= 4 is 0 Å². The van der Waals surface area contributed by atoms with E-state index < -0.39 is 0 Å². The molecule has 1 atom stereocenters. The van der Waals surface area contributed by atoms with Crippen LogP contribution in [0.3, 0.4) is 0 Å². The summed E-state index contributed by atoms with van der Waals surface area (Å²) in [7, 11) is 0. The summed E-state index contributed by atoms with van der Waals surface area (Å²) in [5.41, 5.74) is 0. The molecule has 3 nitrogen and oxygen atoms in total. The molecule has 0 N–H and O–H groups in total. The molecule has 1 aromatic rings. The molecular formula is C9H15N3. The minimum Gasteiger partial charge on any atom is -0.314 e. The standard InChI is InChI=1S/C9H15N3/c1-3-7(2)9-11-10-6-12(9)8-4-5-8/h6-8H,3-5H2,1-2H3. The Morgan fingerprint density at radius 2 is 2.42 bits per heavy atom. The summed E-state index contributed by atoms with van der Waals surface area (Å²) in [5, 5.41) is 8.13. The first kappa shape index (κ1) is 7.77. The lowest BCUT2D eigenvalue weighted by Crippen LogP contribution is -2.04. The first-order chi connectivity index (χ1) is 5.83. The Labute approximate surface area is 72.8 Å². The van der Waals surface area contributed by atoms with Crippen molar-refractivity contribution < 1.29 is 0 Å². The van der Waals surface area contributed by atoms with Crippen molar-refractivity contribution in [3.05, 3.63) is 12.2 Å². The summed E-state index contributed by atoms with van der Waals surface area (Å²) in [5.74, 6) is 1.72. The van der Waals surface area contributed by atoms with Gasteiger partial charge < -0.3 is 4.57 Å². The summed E-state index contributed by atoms with van der Waals surface area (Å²) >= 11 is 0. The second-order valence-electron chi connectivity index (χ2n) is 3.64. The van der Waals surface area contributed by atoms with E-state index in [0.29, 0.717) is 12.0 Å². The number of rotatable bonds is 3. The van der Waals surface area contributed by atoms with Gasteiger partial charge in [-0.1, -0.05) is 13.8 Å². The van der Waals surface area contributed by atoms with E-state index in [1.807, 2.05) is 6.33 Å². The SMILES string of the molecule is CCC(C)c1nncn1C1CC1. The van der Waals surface area contributed by atoms with Crippen molar-refractivity contribution in [1.82, 2.24) is 14.8 Å². The monoisotopic (exact) mass is 165 g/mol. The van der Waals surface area contributed by atoms with E-state index in [2.05, 4.69) is 28.6 Å². The molecule has 0 amide bonds. The van der Waals surface area contributed by atoms with Crippen molar-refractivity contribution in [1.29, 1.82) is 0 Å². The molecule has 0 aromatic carbocycles. The molecule has 0 spiro atoms. The third-order valence-corrected chi connectivity index (χ3v) is 2.59. The van der Waals surface area contributed by atoms with Crippen molar-refractivity contribution in [3.63, 3.8) is 0 Å². The molecule has 0 bridgehead atoms. The van der Waals surface area contributed by atoms with E-state index in [1.54, 1.807) is 0 Å². The first-order valence-corrected chi connectivity index (χ1v) is 4.72. The summed E-state index contributed by atoms with van der Waals surface area (Å²) in [4.78, 5) is 0. The average molecular weight is 165 g/mol. The number of hydrogen-bond acceptors (Lipinski definition) is 2. The minimum absolute atomic E-state index is 0.549. The third-order valence-electron chi connectivity index (χ3n) is 2.59. The molecule has 1 aliphatic rings. The van der Waals surface area contributed by atoms with Gasteiger partial charge in [0, 0.05) is 12.0 Å². The van der Waals surface area contributed by atoms with Gasteiger partial charge >= 0.3 is 0 Å². The molecule has 1 saturated carbocycles. The van der Waals surface area contributed by atoms with E-state index >= 15 is 0 Å². The van der Waals surface area contributed by atoms with Gasteiger partial charge in [-0.2, -0.15) is 0 Å². The van der Waals surface area contributed by atoms with Crippen LogP contribution >= 0.6 is 0 Å². The van der Waals surface area contributed by atoms with Crippen LogP contribution in [0.25, 0.3) is 0 Å². The highest BCUT2D eigenvalue weighted by atomic mass is 15.3. The smallest absolute Gasteiger partial charge is 0.135 e.